The number of aryl methyl sites for hydroxylation is 1. The predicted octanol–water partition coefficient (Wildman–Crippen LogP) is 6.50. The van der Waals surface area contributed by atoms with Gasteiger partial charge < -0.3 is 5.32 Å². The number of carbonyl (C=O) groups excluding carboxylic acids is 1. The van der Waals surface area contributed by atoms with E-state index in [1.54, 1.807) is 11.3 Å². The molecule has 2 heterocycles. The maximum absolute atomic E-state index is 12.7. The highest BCUT2D eigenvalue weighted by Crippen LogP contribution is 2.44. The lowest BCUT2D eigenvalue weighted by molar-refractivity contribution is -0.115. The molecule has 0 fully saturated rings. The number of fused-ring (bicyclic) bond motifs is 1. The summed E-state index contributed by atoms with van der Waals surface area (Å²) < 4.78 is 0. The first kappa shape index (κ1) is 25.3. The van der Waals surface area contributed by atoms with Gasteiger partial charge in [0.25, 0.3) is 0 Å². The van der Waals surface area contributed by atoms with Crippen molar-refractivity contribution in [1.29, 1.82) is 10.5 Å². The maximum atomic E-state index is 12.7. The summed E-state index contributed by atoms with van der Waals surface area (Å²) in [6, 6.07) is 8.26. The molecule has 3 rings (SSSR count). The highest BCUT2D eigenvalue weighted by molar-refractivity contribution is 7.99. The van der Waals surface area contributed by atoms with Gasteiger partial charge >= 0.3 is 0 Å². The van der Waals surface area contributed by atoms with Crippen molar-refractivity contribution in [1.82, 2.24) is 4.98 Å². The molecular formula is C26H32N4OS2. The average molecular weight is 481 g/mol. The Bertz CT molecular complexity index is 1090. The lowest BCUT2D eigenvalue weighted by Crippen LogP contribution is -2.26. The lowest BCUT2D eigenvalue weighted by atomic mass is 9.72. The summed E-state index contributed by atoms with van der Waals surface area (Å²) in [7, 11) is 0. The molecule has 5 nitrogen and oxygen atoms in total. The number of hydrogen-bond acceptors (Lipinski definition) is 6. The molecule has 0 saturated carbocycles. The van der Waals surface area contributed by atoms with Crippen LogP contribution < -0.4 is 5.32 Å². The fourth-order valence-corrected chi connectivity index (χ4v) is 6.36. The third kappa shape index (κ3) is 6.37. The molecule has 1 aliphatic rings. The standard InChI is InChI=1S/C26H32N4OS2/c1-5-6-7-19-10-8-17(15-27)24(29-19)32-13-12-23(31)30-25-21(16-28)20-11-9-18(26(2,3)4)14-22(20)33-25/h8,10,18H,5-7,9,11-14H2,1-4H3,(H,30,31). The number of aromatic nitrogens is 1. The number of thiophene rings is 1. The molecule has 1 amide bonds. The number of thioether (sulfide) groups is 1. The molecule has 1 atom stereocenters. The van der Waals surface area contributed by atoms with E-state index in [9.17, 15) is 15.3 Å². The van der Waals surface area contributed by atoms with E-state index >= 15 is 0 Å². The number of amides is 1. The first-order valence-electron chi connectivity index (χ1n) is 11.6. The molecule has 0 radical (unpaired) electrons. The van der Waals surface area contributed by atoms with Crippen LogP contribution in [-0.2, 0) is 24.1 Å². The zero-order valence-corrected chi connectivity index (χ0v) is 21.6. The van der Waals surface area contributed by atoms with E-state index in [2.05, 4.69) is 50.1 Å². The summed E-state index contributed by atoms with van der Waals surface area (Å²) in [4.78, 5) is 18.5. The number of nitrogens with zero attached hydrogens (tertiary/aromatic N) is 3. The number of anilines is 1. The zero-order valence-electron chi connectivity index (χ0n) is 20.0. The monoisotopic (exact) mass is 480 g/mol. The number of pyridine rings is 1. The Morgan fingerprint density at radius 2 is 2.09 bits per heavy atom. The molecule has 0 spiro atoms. The summed E-state index contributed by atoms with van der Waals surface area (Å²) in [5, 5.41) is 23.5. The summed E-state index contributed by atoms with van der Waals surface area (Å²) in [6.45, 7) is 8.96. The molecule has 0 aromatic carbocycles. The second kappa shape index (κ2) is 11.2. The third-order valence-corrected chi connectivity index (χ3v) is 8.41. The number of nitrogens with one attached hydrogen (secondary N) is 1. The quantitative estimate of drug-likeness (QED) is 0.436. The fourth-order valence-electron chi connectivity index (χ4n) is 4.13. The number of unbranched alkanes of at least 4 members (excludes halogenated alkanes) is 1. The van der Waals surface area contributed by atoms with Crippen LogP contribution in [0.4, 0.5) is 5.00 Å². The van der Waals surface area contributed by atoms with Crippen molar-refractivity contribution in [2.24, 2.45) is 11.3 Å². The van der Waals surface area contributed by atoms with Crippen molar-refractivity contribution in [2.75, 3.05) is 11.1 Å². The lowest BCUT2D eigenvalue weighted by Gasteiger charge is -2.33. The van der Waals surface area contributed by atoms with Crippen LogP contribution in [0.15, 0.2) is 17.2 Å². The third-order valence-electron chi connectivity index (χ3n) is 6.25. The van der Waals surface area contributed by atoms with E-state index < -0.39 is 0 Å². The van der Waals surface area contributed by atoms with Crippen LogP contribution in [0.1, 0.15) is 80.6 Å². The Labute approximate surface area is 205 Å². The van der Waals surface area contributed by atoms with Gasteiger partial charge in [-0.2, -0.15) is 10.5 Å². The van der Waals surface area contributed by atoms with E-state index in [0.717, 1.165) is 49.8 Å². The normalized spacial score (nSPS) is 15.4. The van der Waals surface area contributed by atoms with Crippen LogP contribution in [0.3, 0.4) is 0 Å². The van der Waals surface area contributed by atoms with Crippen molar-refractivity contribution in [3.8, 4) is 12.1 Å². The molecular weight excluding hydrogens is 448 g/mol. The molecule has 0 aliphatic heterocycles. The molecule has 1 N–H and O–H groups in total. The average Bonchev–Trinajstić information content (AvgIpc) is 3.13. The molecule has 1 unspecified atom stereocenters. The van der Waals surface area contributed by atoms with Gasteiger partial charge in [0, 0.05) is 22.7 Å². The minimum atomic E-state index is -0.106. The van der Waals surface area contributed by atoms with Crippen molar-refractivity contribution in [3.05, 3.63) is 39.4 Å². The molecule has 2 aromatic heterocycles. The topological polar surface area (TPSA) is 89.6 Å². The van der Waals surface area contributed by atoms with Crippen molar-refractivity contribution >= 4 is 34.0 Å². The van der Waals surface area contributed by atoms with Gasteiger partial charge in [-0.1, -0.05) is 34.1 Å². The smallest absolute Gasteiger partial charge is 0.225 e. The fraction of sp³-hybridized carbons (Fsp3) is 0.538. The van der Waals surface area contributed by atoms with Gasteiger partial charge in [-0.3, -0.25) is 4.79 Å². The zero-order chi connectivity index (χ0) is 24.0. The van der Waals surface area contributed by atoms with Crippen LogP contribution in [-0.4, -0.2) is 16.6 Å². The first-order chi connectivity index (χ1) is 15.8. The molecule has 0 bridgehead atoms. The van der Waals surface area contributed by atoms with Gasteiger partial charge in [-0.25, -0.2) is 4.98 Å². The van der Waals surface area contributed by atoms with Crippen molar-refractivity contribution < 1.29 is 4.79 Å². The number of nitriles is 2. The Morgan fingerprint density at radius 3 is 2.76 bits per heavy atom. The van der Waals surface area contributed by atoms with Gasteiger partial charge in [-0.05, 0) is 61.1 Å². The van der Waals surface area contributed by atoms with Gasteiger partial charge in [0.15, 0.2) is 0 Å². The van der Waals surface area contributed by atoms with Crippen molar-refractivity contribution in [3.63, 3.8) is 0 Å². The molecule has 33 heavy (non-hydrogen) atoms. The van der Waals surface area contributed by atoms with Gasteiger partial charge in [-0.15, -0.1) is 23.1 Å². The van der Waals surface area contributed by atoms with Crippen LogP contribution in [0.25, 0.3) is 0 Å². The highest BCUT2D eigenvalue weighted by atomic mass is 32.2. The molecule has 7 heteroatoms. The Kier molecular flexibility index (Phi) is 8.57. The Hall–Kier alpha value is -2.35. The summed E-state index contributed by atoms with van der Waals surface area (Å²) in [5.41, 5.74) is 3.53. The second-order valence-corrected chi connectivity index (χ2v) is 11.8. The molecule has 1 aliphatic carbocycles. The van der Waals surface area contributed by atoms with Crippen LogP contribution in [0, 0.1) is 34.0 Å². The number of rotatable bonds is 8. The van der Waals surface area contributed by atoms with E-state index in [1.807, 2.05) is 12.1 Å². The largest absolute Gasteiger partial charge is 0.317 e. The number of carbonyl (C=O) groups is 1. The van der Waals surface area contributed by atoms with E-state index in [-0.39, 0.29) is 11.3 Å². The van der Waals surface area contributed by atoms with Gasteiger partial charge in [0.05, 0.1) is 11.1 Å². The van der Waals surface area contributed by atoms with Crippen molar-refractivity contribution in [2.45, 2.75) is 77.7 Å². The Morgan fingerprint density at radius 1 is 1.30 bits per heavy atom. The van der Waals surface area contributed by atoms with Gasteiger partial charge in [0.2, 0.25) is 5.91 Å². The van der Waals surface area contributed by atoms with Crippen LogP contribution >= 0.6 is 23.1 Å². The van der Waals surface area contributed by atoms with Crippen LogP contribution in [0.2, 0.25) is 0 Å². The second-order valence-electron chi connectivity index (χ2n) is 9.64. The van der Waals surface area contributed by atoms with E-state index in [0.29, 0.717) is 39.2 Å². The molecule has 2 aromatic rings. The first-order valence-corrected chi connectivity index (χ1v) is 13.4. The highest BCUT2D eigenvalue weighted by Gasteiger charge is 2.32. The molecule has 0 saturated heterocycles. The summed E-state index contributed by atoms with van der Waals surface area (Å²) >= 11 is 3.01. The summed E-state index contributed by atoms with van der Waals surface area (Å²) in [6.07, 6.45) is 6.31. The predicted molar refractivity (Wildman–Crippen MR) is 136 cm³/mol. The SMILES string of the molecule is CCCCc1ccc(C#N)c(SCCC(=O)Nc2sc3c(c2C#N)CCC(C(C)(C)C)C3)n1. The summed E-state index contributed by atoms with van der Waals surface area (Å²) in [5.74, 6) is 1.01. The van der Waals surface area contributed by atoms with Crippen LogP contribution in [0.5, 0.6) is 0 Å². The number of hydrogen-bond donors (Lipinski definition) is 1. The molecule has 174 valence electrons. The van der Waals surface area contributed by atoms with E-state index in [1.165, 1.54) is 16.6 Å². The maximum Gasteiger partial charge on any atom is 0.225 e. The Balaban J connectivity index is 1.62. The minimum absolute atomic E-state index is 0.106. The minimum Gasteiger partial charge on any atom is -0.317 e. The van der Waals surface area contributed by atoms with Gasteiger partial charge in [0.1, 0.15) is 22.2 Å². The van der Waals surface area contributed by atoms with E-state index in [4.69, 9.17) is 0 Å².